The molecular formula is C11H19LiNO6+. The summed E-state index contributed by atoms with van der Waals surface area (Å²) in [4.78, 5) is 32.1. The molecule has 0 heterocycles. The summed E-state index contributed by atoms with van der Waals surface area (Å²) in [6.07, 6.45) is -1.80. The molecule has 0 amide bonds. The quantitative estimate of drug-likeness (QED) is 0.271. The van der Waals surface area contributed by atoms with Crippen LogP contribution in [0.15, 0.2) is 0 Å². The van der Waals surface area contributed by atoms with Crippen LogP contribution in [0.1, 0.15) is 19.3 Å². The van der Waals surface area contributed by atoms with E-state index in [4.69, 9.17) is 9.84 Å². The Morgan fingerprint density at radius 3 is 2.11 bits per heavy atom. The van der Waals surface area contributed by atoms with Crippen LogP contribution in [0.3, 0.4) is 0 Å². The van der Waals surface area contributed by atoms with Gasteiger partial charge in [-0.05, 0) is 0 Å². The summed E-state index contributed by atoms with van der Waals surface area (Å²) < 4.78 is 5.37. The molecule has 8 heteroatoms. The van der Waals surface area contributed by atoms with Gasteiger partial charge in [0.05, 0.1) is 34.0 Å². The van der Waals surface area contributed by atoms with Crippen LogP contribution < -0.4 is 24.0 Å². The van der Waals surface area contributed by atoms with Crippen LogP contribution in [-0.2, 0) is 19.1 Å². The van der Waals surface area contributed by atoms with E-state index in [1.54, 1.807) is 0 Å². The maximum Gasteiger partial charge on any atom is 1.00 e. The van der Waals surface area contributed by atoms with Crippen molar-refractivity contribution in [3.8, 4) is 0 Å². The Balaban J connectivity index is 0. The van der Waals surface area contributed by atoms with Gasteiger partial charge in [0.15, 0.2) is 6.10 Å². The molecule has 0 radical (unpaired) electrons. The number of carboxylic acid groups (broad SMARTS) is 2. The Morgan fingerprint density at radius 2 is 1.74 bits per heavy atom. The molecule has 1 atom stereocenters. The molecule has 0 rings (SSSR count). The van der Waals surface area contributed by atoms with E-state index >= 15 is 0 Å². The predicted octanol–water partition coefficient (Wildman–Crippen LogP) is -4.39. The summed E-state index contributed by atoms with van der Waals surface area (Å²) >= 11 is 0. The first kappa shape index (κ1) is 20.3. The fourth-order valence-electron chi connectivity index (χ4n) is 1.39. The summed E-state index contributed by atoms with van der Waals surface area (Å²) in [6.45, 7) is 0.312. The standard InChI is InChI=1S/C11H19NO6.Li/c1-12(2,3)7-8(6-10(15)16)18-11(17)5-4-9(13)14;/h8H,4-7H2,1-3H3,(H-,13,14,15,16);/q;+1/t8-;/m1./s1. The van der Waals surface area contributed by atoms with E-state index in [0.717, 1.165) is 0 Å². The zero-order chi connectivity index (χ0) is 14.3. The first-order valence-electron chi connectivity index (χ1n) is 5.51. The number of nitrogens with zero attached hydrogens (tertiary/aromatic N) is 1. The summed E-state index contributed by atoms with van der Waals surface area (Å²) in [6, 6.07) is 0. The van der Waals surface area contributed by atoms with Gasteiger partial charge in [0.2, 0.25) is 0 Å². The van der Waals surface area contributed by atoms with Crippen LogP contribution in [0, 0.1) is 0 Å². The fraction of sp³-hybridized carbons (Fsp3) is 0.727. The second kappa shape index (κ2) is 8.96. The van der Waals surface area contributed by atoms with Gasteiger partial charge in [0.1, 0.15) is 6.54 Å². The molecule has 7 nitrogen and oxygen atoms in total. The molecule has 19 heavy (non-hydrogen) atoms. The molecule has 0 spiro atoms. The van der Waals surface area contributed by atoms with Crippen molar-refractivity contribution in [1.29, 1.82) is 0 Å². The van der Waals surface area contributed by atoms with Crippen LogP contribution in [0.5, 0.6) is 0 Å². The van der Waals surface area contributed by atoms with Crippen molar-refractivity contribution in [2.75, 3.05) is 27.7 Å². The Labute approximate surface area is 124 Å². The van der Waals surface area contributed by atoms with Crippen molar-refractivity contribution in [2.24, 2.45) is 0 Å². The zero-order valence-electron chi connectivity index (χ0n) is 11.8. The number of carbonyl (C=O) groups is 3. The molecule has 104 valence electrons. The van der Waals surface area contributed by atoms with E-state index in [2.05, 4.69) is 0 Å². The maximum absolute atomic E-state index is 11.3. The Bertz CT molecular complexity index is 326. The first-order chi connectivity index (χ1) is 8.10. The van der Waals surface area contributed by atoms with Gasteiger partial charge < -0.3 is 24.2 Å². The SMILES string of the molecule is C[N+](C)(C)C[C@@H](CC(=O)[O-])OC(=O)CCC(=O)O.[Li+]. The number of aliphatic carboxylic acids is 2. The number of carboxylic acids is 2. The summed E-state index contributed by atoms with van der Waals surface area (Å²) in [5.41, 5.74) is 0. The van der Waals surface area contributed by atoms with Gasteiger partial charge in [0.25, 0.3) is 0 Å². The topological polar surface area (TPSA) is 104 Å². The number of carbonyl (C=O) groups excluding carboxylic acids is 2. The molecule has 0 aliphatic heterocycles. The molecule has 0 saturated carbocycles. The smallest absolute Gasteiger partial charge is 0.550 e. The summed E-state index contributed by atoms with van der Waals surface area (Å²) in [5, 5.41) is 19.0. The first-order valence-corrected chi connectivity index (χ1v) is 5.51. The van der Waals surface area contributed by atoms with Crippen molar-refractivity contribution in [2.45, 2.75) is 25.4 Å². The van der Waals surface area contributed by atoms with Gasteiger partial charge in [-0.3, -0.25) is 9.59 Å². The average Bonchev–Trinajstić information content (AvgIpc) is 2.10. The molecule has 0 aromatic carbocycles. The summed E-state index contributed by atoms with van der Waals surface area (Å²) in [7, 11) is 5.48. The molecule has 0 bridgehead atoms. The van der Waals surface area contributed by atoms with E-state index in [-0.39, 0.29) is 31.7 Å². The number of rotatable bonds is 8. The minimum Gasteiger partial charge on any atom is -0.550 e. The third-order valence-corrected chi connectivity index (χ3v) is 1.99. The second-order valence-electron chi connectivity index (χ2n) is 5.05. The molecule has 0 aliphatic carbocycles. The number of quaternary nitrogens is 1. The molecule has 0 aliphatic rings. The van der Waals surface area contributed by atoms with Crippen molar-refractivity contribution in [3.05, 3.63) is 0 Å². The average molecular weight is 268 g/mol. The number of hydrogen-bond acceptors (Lipinski definition) is 5. The van der Waals surface area contributed by atoms with Crippen molar-refractivity contribution in [3.63, 3.8) is 0 Å². The van der Waals surface area contributed by atoms with Crippen LogP contribution in [-0.4, -0.2) is 61.3 Å². The summed E-state index contributed by atoms with van der Waals surface area (Å²) in [5.74, 6) is -3.12. The molecule has 0 saturated heterocycles. The van der Waals surface area contributed by atoms with E-state index in [1.165, 1.54) is 0 Å². The molecule has 0 fully saturated rings. The van der Waals surface area contributed by atoms with Gasteiger partial charge in [0, 0.05) is 12.4 Å². The van der Waals surface area contributed by atoms with E-state index < -0.39 is 30.4 Å². The molecule has 0 aromatic heterocycles. The Morgan fingerprint density at radius 1 is 1.21 bits per heavy atom. The minimum atomic E-state index is -1.31. The van der Waals surface area contributed by atoms with Crippen molar-refractivity contribution in [1.82, 2.24) is 0 Å². The molecular weight excluding hydrogens is 249 g/mol. The third-order valence-electron chi connectivity index (χ3n) is 1.99. The van der Waals surface area contributed by atoms with Crippen LogP contribution >= 0.6 is 0 Å². The van der Waals surface area contributed by atoms with Crippen LogP contribution in [0.4, 0.5) is 0 Å². The maximum atomic E-state index is 11.3. The fourth-order valence-corrected chi connectivity index (χ4v) is 1.39. The zero-order valence-corrected chi connectivity index (χ0v) is 11.8. The normalized spacial score (nSPS) is 12.2. The van der Waals surface area contributed by atoms with Gasteiger partial charge >= 0.3 is 30.8 Å². The van der Waals surface area contributed by atoms with Gasteiger partial charge in [-0.15, -0.1) is 0 Å². The van der Waals surface area contributed by atoms with E-state index in [1.807, 2.05) is 21.1 Å². The number of likely N-dealkylation sites (N-methyl/N-ethyl adjacent to an activating group) is 1. The monoisotopic (exact) mass is 268 g/mol. The van der Waals surface area contributed by atoms with Crippen molar-refractivity contribution < 1.29 is 52.7 Å². The van der Waals surface area contributed by atoms with Gasteiger partial charge in [-0.2, -0.15) is 0 Å². The van der Waals surface area contributed by atoms with Crippen LogP contribution in [0.2, 0.25) is 0 Å². The second-order valence-corrected chi connectivity index (χ2v) is 5.05. The van der Waals surface area contributed by atoms with Crippen molar-refractivity contribution >= 4 is 17.9 Å². The van der Waals surface area contributed by atoms with E-state index in [9.17, 15) is 19.5 Å². The predicted molar refractivity (Wildman–Crippen MR) is 59.3 cm³/mol. The van der Waals surface area contributed by atoms with Crippen LogP contribution in [0.25, 0.3) is 0 Å². The molecule has 1 N–H and O–H groups in total. The Kier molecular flexibility index (Phi) is 9.57. The Hall–Kier alpha value is -1.03. The number of esters is 1. The number of hydrogen-bond donors (Lipinski definition) is 1. The minimum absolute atomic E-state index is 0. The molecule has 0 unspecified atom stereocenters. The van der Waals surface area contributed by atoms with Gasteiger partial charge in [-0.1, -0.05) is 0 Å². The van der Waals surface area contributed by atoms with Gasteiger partial charge in [-0.25, -0.2) is 0 Å². The largest absolute Gasteiger partial charge is 1.00 e. The third kappa shape index (κ3) is 13.2. The number of ether oxygens (including phenoxy) is 1. The van der Waals surface area contributed by atoms with E-state index in [0.29, 0.717) is 11.0 Å². The molecule has 0 aromatic rings.